The third-order valence-corrected chi connectivity index (χ3v) is 9.59. The average Bonchev–Trinajstić information content (AvgIpc) is 3.55. The van der Waals surface area contributed by atoms with Crippen molar-refractivity contribution < 1.29 is 0 Å². The van der Waals surface area contributed by atoms with Gasteiger partial charge in [0.1, 0.15) is 0 Å². The van der Waals surface area contributed by atoms with Crippen molar-refractivity contribution in [2.24, 2.45) is 0 Å². The van der Waals surface area contributed by atoms with Crippen molar-refractivity contribution in [2.75, 3.05) is 4.90 Å². The number of rotatable bonds is 7. The second-order valence-electron chi connectivity index (χ2n) is 12.5. The van der Waals surface area contributed by atoms with Crippen LogP contribution in [0.5, 0.6) is 0 Å². The lowest BCUT2D eigenvalue weighted by Crippen LogP contribution is -2.13. The number of hydrogen-bond acceptors (Lipinski definition) is 1. The highest BCUT2D eigenvalue weighted by Gasteiger charge is 2.24. The highest BCUT2D eigenvalue weighted by molar-refractivity contribution is 6.17. The molecule has 50 heavy (non-hydrogen) atoms. The van der Waals surface area contributed by atoms with Crippen molar-refractivity contribution in [3.63, 3.8) is 0 Å². The molecule has 0 bridgehead atoms. The molecule has 2 heteroatoms. The number of nitrogens with zero attached hydrogens (tertiary/aromatic N) is 2. The van der Waals surface area contributed by atoms with Crippen LogP contribution in [0, 0.1) is 0 Å². The summed E-state index contributed by atoms with van der Waals surface area (Å²) in [4.78, 5) is 2.48. The number of benzene rings is 8. The first-order chi connectivity index (χ1) is 24.8. The summed E-state index contributed by atoms with van der Waals surface area (Å²) in [5.74, 6) is 0. The smallest absolute Gasteiger partial charge is 0.0562 e. The molecule has 0 saturated heterocycles. The lowest BCUT2D eigenvalue weighted by molar-refractivity contribution is 1.18. The van der Waals surface area contributed by atoms with E-state index >= 15 is 0 Å². The van der Waals surface area contributed by atoms with Gasteiger partial charge in [-0.2, -0.15) is 0 Å². The van der Waals surface area contributed by atoms with E-state index in [9.17, 15) is 0 Å². The van der Waals surface area contributed by atoms with Crippen molar-refractivity contribution in [2.45, 2.75) is 0 Å². The fourth-order valence-electron chi connectivity index (χ4n) is 7.37. The van der Waals surface area contributed by atoms with Crippen LogP contribution in [-0.4, -0.2) is 4.57 Å². The molecule has 0 aliphatic rings. The van der Waals surface area contributed by atoms with E-state index in [-0.39, 0.29) is 0 Å². The molecule has 0 aliphatic heterocycles. The van der Waals surface area contributed by atoms with Gasteiger partial charge in [-0.25, -0.2) is 0 Å². The number of aromatic nitrogens is 1. The molecule has 0 aliphatic carbocycles. The lowest BCUT2D eigenvalue weighted by Gasteiger charge is -2.30. The number of anilines is 3. The van der Waals surface area contributed by atoms with Crippen LogP contribution in [0.1, 0.15) is 0 Å². The van der Waals surface area contributed by atoms with Gasteiger partial charge in [0, 0.05) is 27.6 Å². The molecule has 0 radical (unpaired) electrons. The minimum atomic E-state index is 1.12. The first kappa shape index (κ1) is 29.5. The maximum absolute atomic E-state index is 2.48. The molecule has 0 N–H and O–H groups in total. The van der Waals surface area contributed by atoms with Crippen molar-refractivity contribution in [1.82, 2.24) is 4.57 Å². The SMILES string of the molecule is c1ccc(-c2cccc(-c3ccccc3N(c3ccccc3-c3ccccc3)c3cccc4c3c3ccccc3n4-c3ccccc3)c2)cc1. The van der Waals surface area contributed by atoms with Gasteiger partial charge in [-0.1, -0.05) is 158 Å². The standard InChI is InChI=1S/C48H34N2/c1-4-18-35(19-5-1)37-22-16-23-38(34-37)41-27-11-14-30-44(41)50(43-29-13-10-26-40(43)36-20-6-2-7-21-36)47-33-17-32-46-48(47)42-28-12-15-31-45(42)49(46)39-24-8-3-9-25-39/h1-34H. The van der Waals surface area contributed by atoms with Crippen LogP contribution in [0.15, 0.2) is 206 Å². The maximum Gasteiger partial charge on any atom is 0.0562 e. The summed E-state index contributed by atoms with van der Waals surface area (Å²) in [7, 11) is 0. The van der Waals surface area contributed by atoms with Gasteiger partial charge >= 0.3 is 0 Å². The molecule has 0 unspecified atom stereocenters. The maximum atomic E-state index is 2.48. The Kier molecular flexibility index (Phi) is 7.53. The zero-order chi connectivity index (χ0) is 33.3. The molecule has 1 aromatic heterocycles. The lowest BCUT2D eigenvalue weighted by atomic mass is 9.96. The largest absolute Gasteiger partial charge is 0.309 e. The normalized spacial score (nSPS) is 11.2. The van der Waals surface area contributed by atoms with Crippen molar-refractivity contribution in [3.8, 4) is 39.1 Å². The van der Waals surface area contributed by atoms with Crippen LogP contribution in [0.2, 0.25) is 0 Å². The highest BCUT2D eigenvalue weighted by atomic mass is 15.2. The van der Waals surface area contributed by atoms with Gasteiger partial charge < -0.3 is 9.47 Å². The summed E-state index contributed by atoms with van der Waals surface area (Å²) in [6, 6.07) is 74.1. The molecule has 8 aromatic carbocycles. The van der Waals surface area contributed by atoms with Crippen LogP contribution in [0.25, 0.3) is 60.9 Å². The molecule has 2 nitrogen and oxygen atoms in total. The van der Waals surface area contributed by atoms with E-state index < -0.39 is 0 Å². The van der Waals surface area contributed by atoms with Gasteiger partial charge in [0.25, 0.3) is 0 Å². The molecule has 236 valence electrons. The molecular weight excluding hydrogens is 605 g/mol. The average molecular weight is 639 g/mol. The monoisotopic (exact) mass is 638 g/mol. The van der Waals surface area contributed by atoms with E-state index in [0.717, 1.165) is 28.3 Å². The van der Waals surface area contributed by atoms with E-state index in [1.54, 1.807) is 0 Å². The minimum Gasteiger partial charge on any atom is -0.309 e. The molecular formula is C48H34N2. The Hall–Kier alpha value is -6.64. The van der Waals surface area contributed by atoms with Gasteiger partial charge in [-0.15, -0.1) is 0 Å². The van der Waals surface area contributed by atoms with Crippen molar-refractivity contribution in [3.05, 3.63) is 206 Å². The van der Waals surface area contributed by atoms with Gasteiger partial charge in [-0.05, 0) is 70.8 Å². The van der Waals surface area contributed by atoms with Gasteiger partial charge in [-0.3, -0.25) is 0 Å². The van der Waals surface area contributed by atoms with Gasteiger partial charge in [0.15, 0.2) is 0 Å². The predicted octanol–water partition coefficient (Wildman–Crippen LogP) is 13.3. The molecule has 0 atom stereocenters. The second-order valence-corrected chi connectivity index (χ2v) is 12.5. The molecule has 1 heterocycles. The third kappa shape index (κ3) is 5.15. The summed E-state index contributed by atoms with van der Waals surface area (Å²) >= 11 is 0. The van der Waals surface area contributed by atoms with E-state index in [2.05, 4.69) is 216 Å². The molecule has 0 saturated carbocycles. The van der Waals surface area contributed by atoms with Crippen LogP contribution in [0.4, 0.5) is 17.1 Å². The van der Waals surface area contributed by atoms with Gasteiger partial charge in [0.2, 0.25) is 0 Å². The van der Waals surface area contributed by atoms with Crippen LogP contribution in [0.3, 0.4) is 0 Å². The number of hydrogen-bond donors (Lipinski definition) is 0. The Morgan fingerprint density at radius 2 is 0.800 bits per heavy atom. The van der Waals surface area contributed by atoms with Gasteiger partial charge in [0.05, 0.1) is 28.1 Å². The van der Waals surface area contributed by atoms with Crippen LogP contribution in [-0.2, 0) is 0 Å². The summed E-state index contributed by atoms with van der Waals surface area (Å²) in [5, 5.41) is 2.43. The Balaban J connectivity index is 1.36. The third-order valence-electron chi connectivity index (χ3n) is 9.59. The van der Waals surface area contributed by atoms with Crippen molar-refractivity contribution in [1.29, 1.82) is 0 Å². The molecule has 9 rings (SSSR count). The molecule has 9 aromatic rings. The Labute approximate surface area is 292 Å². The predicted molar refractivity (Wildman–Crippen MR) is 212 cm³/mol. The zero-order valence-corrected chi connectivity index (χ0v) is 27.5. The Bertz CT molecular complexity index is 2580. The van der Waals surface area contributed by atoms with Crippen LogP contribution < -0.4 is 4.90 Å². The summed E-state index contributed by atoms with van der Waals surface area (Å²) in [6.45, 7) is 0. The number of para-hydroxylation sites is 4. The van der Waals surface area contributed by atoms with E-state index in [1.165, 1.54) is 49.6 Å². The second kappa shape index (κ2) is 12.8. The van der Waals surface area contributed by atoms with Crippen LogP contribution >= 0.6 is 0 Å². The fraction of sp³-hybridized carbons (Fsp3) is 0. The number of fused-ring (bicyclic) bond motifs is 3. The first-order valence-corrected chi connectivity index (χ1v) is 17.1. The topological polar surface area (TPSA) is 8.17 Å². The van der Waals surface area contributed by atoms with E-state index in [4.69, 9.17) is 0 Å². The summed E-state index contributed by atoms with van der Waals surface area (Å²) < 4.78 is 2.39. The molecule has 0 spiro atoms. The Morgan fingerprint density at radius 1 is 0.320 bits per heavy atom. The van der Waals surface area contributed by atoms with E-state index in [0.29, 0.717) is 0 Å². The Morgan fingerprint density at radius 3 is 1.52 bits per heavy atom. The van der Waals surface area contributed by atoms with E-state index in [1.807, 2.05) is 0 Å². The minimum absolute atomic E-state index is 1.12. The zero-order valence-electron chi connectivity index (χ0n) is 27.5. The fourth-order valence-corrected chi connectivity index (χ4v) is 7.37. The highest BCUT2D eigenvalue weighted by Crippen LogP contribution is 2.48. The molecule has 0 amide bonds. The van der Waals surface area contributed by atoms with Crippen molar-refractivity contribution >= 4 is 38.9 Å². The summed E-state index contributed by atoms with van der Waals surface area (Å²) in [6.07, 6.45) is 0. The summed E-state index contributed by atoms with van der Waals surface area (Å²) in [5.41, 5.74) is 13.9. The molecule has 0 fully saturated rings. The quantitative estimate of drug-likeness (QED) is 0.169. The first-order valence-electron chi connectivity index (χ1n) is 17.1.